The van der Waals surface area contributed by atoms with Gasteiger partial charge in [0.1, 0.15) is 17.3 Å². The van der Waals surface area contributed by atoms with Crippen molar-refractivity contribution in [3.05, 3.63) is 16.8 Å². The van der Waals surface area contributed by atoms with Crippen LogP contribution in [0.5, 0.6) is 5.88 Å². The summed E-state index contributed by atoms with van der Waals surface area (Å²) in [5, 5.41) is 4.37. The molecule has 6 nitrogen and oxygen atoms in total. The standard InChI is InChI=1S/C18H24N4O2S/c1-11(23)22-8-7-15-14(9-22)16-17(20-10-21-18(16)25-15)24-13-5-3-12(19-2)4-6-13/h10,12-13,19H,3-9H2,1-2H3. The molecule has 0 spiro atoms. The molecule has 2 aromatic rings. The Bertz CT molecular complexity index is 783. The topological polar surface area (TPSA) is 67.3 Å². The van der Waals surface area contributed by atoms with Crippen molar-refractivity contribution in [2.24, 2.45) is 0 Å². The molecule has 0 atom stereocenters. The predicted molar refractivity (Wildman–Crippen MR) is 97.9 cm³/mol. The highest BCUT2D eigenvalue weighted by Crippen LogP contribution is 2.39. The van der Waals surface area contributed by atoms with E-state index in [1.165, 1.54) is 10.4 Å². The Morgan fingerprint density at radius 3 is 2.84 bits per heavy atom. The zero-order valence-corrected chi connectivity index (χ0v) is 15.6. The SMILES string of the molecule is CNC1CCC(Oc2ncnc3sc4c(c23)CN(C(C)=O)CC4)CC1. The molecule has 2 aliphatic rings. The number of nitrogens with zero attached hydrogens (tertiary/aromatic N) is 3. The van der Waals surface area contributed by atoms with Crippen molar-refractivity contribution >= 4 is 27.5 Å². The Hall–Kier alpha value is -1.73. The van der Waals surface area contributed by atoms with Gasteiger partial charge < -0.3 is 15.0 Å². The van der Waals surface area contributed by atoms with Crippen LogP contribution in [0, 0.1) is 0 Å². The van der Waals surface area contributed by atoms with Crippen LogP contribution >= 0.6 is 11.3 Å². The second kappa shape index (κ2) is 6.88. The van der Waals surface area contributed by atoms with E-state index in [1.54, 1.807) is 24.6 Å². The lowest BCUT2D eigenvalue weighted by Gasteiger charge is -2.29. The third-order valence-electron chi connectivity index (χ3n) is 5.40. The second-order valence-corrected chi connectivity index (χ2v) is 8.02. The largest absolute Gasteiger partial charge is 0.474 e. The maximum absolute atomic E-state index is 11.8. The molecule has 1 N–H and O–H groups in total. The highest BCUT2D eigenvalue weighted by Gasteiger charge is 2.27. The minimum atomic E-state index is 0.120. The third-order valence-corrected chi connectivity index (χ3v) is 6.60. The molecule has 1 saturated carbocycles. The smallest absolute Gasteiger partial charge is 0.225 e. The van der Waals surface area contributed by atoms with E-state index < -0.39 is 0 Å². The molecule has 25 heavy (non-hydrogen) atoms. The second-order valence-electron chi connectivity index (χ2n) is 6.93. The Morgan fingerprint density at radius 2 is 2.12 bits per heavy atom. The minimum absolute atomic E-state index is 0.120. The number of hydrogen-bond acceptors (Lipinski definition) is 6. The third kappa shape index (κ3) is 3.22. The van der Waals surface area contributed by atoms with Crippen molar-refractivity contribution in [1.29, 1.82) is 0 Å². The molecular formula is C18H24N4O2S. The molecular weight excluding hydrogens is 336 g/mol. The molecule has 0 unspecified atom stereocenters. The van der Waals surface area contributed by atoms with Gasteiger partial charge in [0, 0.05) is 36.5 Å². The summed E-state index contributed by atoms with van der Waals surface area (Å²) in [5.74, 6) is 0.815. The van der Waals surface area contributed by atoms with Gasteiger partial charge in [0.2, 0.25) is 11.8 Å². The predicted octanol–water partition coefficient (Wildman–Crippen LogP) is 2.51. The molecule has 0 saturated heterocycles. The van der Waals surface area contributed by atoms with E-state index >= 15 is 0 Å². The minimum Gasteiger partial charge on any atom is -0.474 e. The van der Waals surface area contributed by atoms with Crippen molar-refractivity contribution in [2.75, 3.05) is 13.6 Å². The molecule has 134 valence electrons. The maximum Gasteiger partial charge on any atom is 0.225 e. The van der Waals surface area contributed by atoms with E-state index in [2.05, 4.69) is 15.3 Å². The van der Waals surface area contributed by atoms with E-state index in [0.29, 0.717) is 18.5 Å². The van der Waals surface area contributed by atoms with E-state index in [-0.39, 0.29) is 12.0 Å². The zero-order valence-electron chi connectivity index (χ0n) is 14.7. The zero-order chi connectivity index (χ0) is 17.4. The summed E-state index contributed by atoms with van der Waals surface area (Å²) in [6.45, 7) is 3.06. The molecule has 7 heteroatoms. The Kier molecular flexibility index (Phi) is 4.60. The van der Waals surface area contributed by atoms with Gasteiger partial charge in [0.25, 0.3) is 0 Å². The average molecular weight is 360 g/mol. The molecule has 3 heterocycles. The fourth-order valence-corrected chi connectivity index (χ4v) is 5.00. The number of rotatable bonds is 3. The lowest BCUT2D eigenvalue weighted by atomic mass is 9.93. The number of fused-ring (bicyclic) bond motifs is 3. The maximum atomic E-state index is 11.8. The summed E-state index contributed by atoms with van der Waals surface area (Å²) in [4.78, 5) is 24.9. The van der Waals surface area contributed by atoms with Crippen molar-refractivity contribution in [2.45, 2.75) is 57.7 Å². The van der Waals surface area contributed by atoms with Crippen LogP contribution in [0.1, 0.15) is 43.0 Å². The lowest BCUT2D eigenvalue weighted by molar-refractivity contribution is -0.129. The molecule has 1 amide bonds. The number of ether oxygens (including phenoxy) is 1. The molecule has 1 fully saturated rings. The van der Waals surface area contributed by atoms with Gasteiger partial charge in [-0.25, -0.2) is 9.97 Å². The van der Waals surface area contributed by atoms with Crippen LogP contribution in [0.15, 0.2) is 6.33 Å². The summed E-state index contributed by atoms with van der Waals surface area (Å²) < 4.78 is 6.31. The quantitative estimate of drug-likeness (QED) is 0.911. The average Bonchev–Trinajstić information content (AvgIpc) is 3.01. The normalized spacial score (nSPS) is 23.5. The van der Waals surface area contributed by atoms with E-state index in [0.717, 1.165) is 48.9 Å². The van der Waals surface area contributed by atoms with Gasteiger partial charge in [-0.3, -0.25) is 4.79 Å². The highest BCUT2D eigenvalue weighted by molar-refractivity contribution is 7.18. The first-order chi connectivity index (χ1) is 12.2. The molecule has 1 aliphatic carbocycles. The number of hydrogen-bond donors (Lipinski definition) is 1. The van der Waals surface area contributed by atoms with Crippen LogP contribution in [0.4, 0.5) is 0 Å². The van der Waals surface area contributed by atoms with Crippen molar-refractivity contribution in [3.8, 4) is 5.88 Å². The van der Waals surface area contributed by atoms with Gasteiger partial charge in [-0.1, -0.05) is 0 Å². The number of amides is 1. The van der Waals surface area contributed by atoms with Crippen LogP contribution in [0.2, 0.25) is 0 Å². The molecule has 1 aliphatic heterocycles. The summed E-state index contributed by atoms with van der Waals surface area (Å²) in [7, 11) is 2.03. The molecule has 4 rings (SSSR count). The summed E-state index contributed by atoms with van der Waals surface area (Å²) >= 11 is 1.71. The number of nitrogens with one attached hydrogen (secondary N) is 1. The Balaban J connectivity index is 1.62. The molecule has 2 aromatic heterocycles. The number of aromatic nitrogens is 2. The van der Waals surface area contributed by atoms with Crippen LogP contribution in [-0.4, -0.2) is 46.5 Å². The van der Waals surface area contributed by atoms with Crippen LogP contribution in [-0.2, 0) is 17.8 Å². The van der Waals surface area contributed by atoms with Crippen LogP contribution in [0.25, 0.3) is 10.2 Å². The Labute approximate surface area is 151 Å². The van der Waals surface area contributed by atoms with E-state index in [1.807, 2.05) is 11.9 Å². The van der Waals surface area contributed by atoms with Crippen LogP contribution in [0.3, 0.4) is 0 Å². The number of carbonyl (C=O) groups is 1. The van der Waals surface area contributed by atoms with Gasteiger partial charge in [0.15, 0.2) is 0 Å². The summed E-state index contributed by atoms with van der Waals surface area (Å²) in [6, 6.07) is 0.600. The Morgan fingerprint density at radius 1 is 1.32 bits per heavy atom. The monoisotopic (exact) mass is 360 g/mol. The number of thiophene rings is 1. The molecule has 0 bridgehead atoms. The van der Waals surface area contributed by atoms with Crippen molar-refractivity contribution in [3.63, 3.8) is 0 Å². The van der Waals surface area contributed by atoms with Gasteiger partial charge in [-0.05, 0) is 39.2 Å². The number of carbonyl (C=O) groups excluding carboxylic acids is 1. The van der Waals surface area contributed by atoms with Gasteiger partial charge >= 0.3 is 0 Å². The lowest BCUT2D eigenvalue weighted by Crippen LogP contribution is -2.34. The fraction of sp³-hybridized carbons (Fsp3) is 0.611. The first-order valence-corrected chi connectivity index (χ1v) is 9.82. The van der Waals surface area contributed by atoms with Crippen molar-refractivity contribution in [1.82, 2.24) is 20.2 Å². The van der Waals surface area contributed by atoms with Gasteiger partial charge in [0.05, 0.1) is 5.39 Å². The fourth-order valence-electron chi connectivity index (χ4n) is 3.87. The van der Waals surface area contributed by atoms with E-state index in [4.69, 9.17) is 4.74 Å². The summed E-state index contributed by atoms with van der Waals surface area (Å²) in [5.41, 5.74) is 1.18. The van der Waals surface area contributed by atoms with Gasteiger partial charge in [-0.2, -0.15) is 0 Å². The highest BCUT2D eigenvalue weighted by atomic mass is 32.1. The summed E-state index contributed by atoms with van der Waals surface area (Å²) in [6.07, 6.45) is 7.06. The van der Waals surface area contributed by atoms with E-state index in [9.17, 15) is 4.79 Å². The first-order valence-electron chi connectivity index (χ1n) is 9.00. The van der Waals surface area contributed by atoms with Crippen LogP contribution < -0.4 is 10.1 Å². The van der Waals surface area contributed by atoms with Crippen molar-refractivity contribution < 1.29 is 9.53 Å². The first kappa shape index (κ1) is 16.7. The molecule has 0 aromatic carbocycles. The molecule has 0 radical (unpaired) electrons. The van der Waals surface area contributed by atoms with Gasteiger partial charge in [-0.15, -0.1) is 11.3 Å².